The molecule has 1 aromatic carbocycles. The van der Waals surface area contributed by atoms with E-state index in [2.05, 4.69) is 0 Å². The molecule has 0 bridgehead atoms. The van der Waals surface area contributed by atoms with E-state index in [9.17, 15) is 33.3 Å². The first kappa shape index (κ1) is 18.7. The molecule has 0 aliphatic carbocycles. The summed E-state index contributed by atoms with van der Waals surface area (Å²) in [6, 6.07) is 2.13. The number of halogens is 4. The molecular weight excluding hydrogens is 361 g/mol. The standard InChI is InChI=1S/C13H12ClF3O7/c14-5-2-1-4(13(15,16)17)3-6(5)23-12-9(20)7(18)8(19)10(24-12)11(21)22/h1-3,7-10,12,18-20H,(H,21,22)/t7-,8-,9+,10-,12+/m0/s1. The second-order valence-electron chi connectivity index (χ2n) is 5.00. The predicted molar refractivity (Wildman–Crippen MR) is 71.4 cm³/mol. The third kappa shape index (κ3) is 3.73. The first-order valence-electron chi connectivity index (χ1n) is 6.48. The van der Waals surface area contributed by atoms with Crippen LogP contribution in [-0.2, 0) is 15.7 Å². The van der Waals surface area contributed by atoms with E-state index in [1.54, 1.807) is 0 Å². The maximum Gasteiger partial charge on any atom is 0.416 e. The lowest BCUT2D eigenvalue weighted by Gasteiger charge is -2.38. The van der Waals surface area contributed by atoms with E-state index < -0.39 is 54.2 Å². The van der Waals surface area contributed by atoms with Crippen molar-refractivity contribution in [1.29, 1.82) is 0 Å². The topological polar surface area (TPSA) is 116 Å². The van der Waals surface area contributed by atoms with Crippen LogP contribution in [0.1, 0.15) is 5.56 Å². The van der Waals surface area contributed by atoms with Crippen LogP contribution in [-0.4, -0.2) is 57.1 Å². The molecule has 1 aromatic rings. The van der Waals surface area contributed by atoms with E-state index in [0.29, 0.717) is 12.1 Å². The van der Waals surface area contributed by atoms with E-state index >= 15 is 0 Å². The zero-order valence-corrected chi connectivity index (χ0v) is 12.4. The quantitative estimate of drug-likeness (QED) is 0.615. The van der Waals surface area contributed by atoms with Crippen molar-refractivity contribution in [1.82, 2.24) is 0 Å². The lowest BCUT2D eigenvalue weighted by molar-refractivity contribution is -0.271. The maximum absolute atomic E-state index is 12.7. The van der Waals surface area contributed by atoms with Gasteiger partial charge in [0, 0.05) is 0 Å². The highest BCUT2D eigenvalue weighted by Crippen LogP contribution is 2.36. The van der Waals surface area contributed by atoms with Gasteiger partial charge in [-0.2, -0.15) is 13.2 Å². The predicted octanol–water partition coefficient (Wildman–Crippen LogP) is 0.630. The van der Waals surface area contributed by atoms with Gasteiger partial charge >= 0.3 is 12.1 Å². The minimum absolute atomic E-state index is 0.258. The van der Waals surface area contributed by atoms with Crippen molar-refractivity contribution in [3.8, 4) is 5.75 Å². The highest BCUT2D eigenvalue weighted by atomic mass is 35.5. The second-order valence-corrected chi connectivity index (χ2v) is 5.40. The van der Waals surface area contributed by atoms with E-state index in [1.165, 1.54) is 0 Å². The Morgan fingerprint density at radius 2 is 1.79 bits per heavy atom. The largest absolute Gasteiger partial charge is 0.479 e. The van der Waals surface area contributed by atoms with Crippen LogP contribution in [0.25, 0.3) is 0 Å². The summed E-state index contributed by atoms with van der Waals surface area (Å²) >= 11 is 5.72. The van der Waals surface area contributed by atoms with Gasteiger partial charge in [-0.1, -0.05) is 11.6 Å². The Labute approximate surface area is 137 Å². The molecule has 24 heavy (non-hydrogen) atoms. The molecule has 0 spiro atoms. The van der Waals surface area contributed by atoms with Crippen LogP contribution < -0.4 is 4.74 Å². The first-order chi connectivity index (χ1) is 11.0. The van der Waals surface area contributed by atoms with Gasteiger partial charge in [-0.3, -0.25) is 0 Å². The van der Waals surface area contributed by atoms with Crippen LogP contribution in [0, 0.1) is 0 Å². The molecule has 0 unspecified atom stereocenters. The number of hydrogen-bond donors (Lipinski definition) is 4. The van der Waals surface area contributed by atoms with Crippen molar-refractivity contribution in [2.75, 3.05) is 0 Å². The lowest BCUT2D eigenvalue weighted by Crippen LogP contribution is -2.61. The van der Waals surface area contributed by atoms with Crippen molar-refractivity contribution in [2.45, 2.75) is 36.9 Å². The van der Waals surface area contributed by atoms with Crippen molar-refractivity contribution < 1.29 is 47.9 Å². The molecule has 1 saturated heterocycles. The fraction of sp³-hybridized carbons (Fsp3) is 0.462. The molecular formula is C13H12ClF3O7. The highest BCUT2D eigenvalue weighted by molar-refractivity contribution is 6.32. The van der Waals surface area contributed by atoms with Crippen molar-refractivity contribution in [3.63, 3.8) is 0 Å². The van der Waals surface area contributed by atoms with Gasteiger partial charge in [0.25, 0.3) is 0 Å². The average Bonchev–Trinajstić information content (AvgIpc) is 2.48. The third-order valence-electron chi connectivity index (χ3n) is 3.31. The first-order valence-corrected chi connectivity index (χ1v) is 6.86. The molecule has 0 amide bonds. The Hall–Kier alpha value is -1.59. The summed E-state index contributed by atoms with van der Waals surface area (Å²) in [4.78, 5) is 11.0. The number of carbonyl (C=O) groups is 1. The summed E-state index contributed by atoms with van der Waals surface area (Å²) in [6.45, 7) is 0. The Morgan fingerprint density at radius 3 is 2.33 bits per heavy atom. The fourth-order valence-corrected chi connectivity index (χ4v) is 2.21. The van der Waals surface area contributed by atoms with E-state index in [4.69, 9.17) is 26.2 Å². The van der Waals surface area contributed by atoms with Gasteiger partial charge in [-0.15, -0.1) is 0 Å². The summed E-state index contributed by atoms with van der Waals surface area (Å²) in [5.74, 6) is -2.19. The molecule has 1 heterocycles. The van der Waals surface area contributed by atoms with Crippen molar-refractivity contribution in [2.24, 2.45) is 0 Å². The number of rotatable bonds is 3. The Kier molecular flexibility index (Phi) is 5.25. The maximum atomic E-state index is 12.7. The minimum Gasteiger partial charge on any atom is -0.479 e. The van der Waals surface area contributed by atoms with E-state index in [1.807, 2.05) is 0 Å². The molecule has 0 radical (unpaired) electrons. The van der Waals surface area contributed by atoms with Gasteiger partial charge in [0.1, 0.15) is 24.1 Å². The number of ether oxygens (including phenoxy) is 2. The number of carboxylic acid groups (broad SMARTS) is 1. The Morgan fingerprint density at radius 1 is 1.17 bits per heavy atom. The van der Waals surface area contributed by atoms with Crippen LogP contribution in [0.5, 0.6) is 5.75 Å². The molecule has 1 fully saturated rings. The molecule has 2 rings (SSSR count). The van der Waals surface area contributed by atoms with Gasteiger partial charge in [0.15, 0.2) is 6.10 Å². The highest BCUT2D eigenvalue weighted by Gasteiger charge is 2.48. The van der Waals surface area contributed by atoms with Crippen LogP contribution in [0.4, 0.5) is 13.2 Å². The SMILES string of the molecule is O=C(O)[C@H]1O[C@@H](Oc2cc(C(F)(F)F)ccc2Cl)[C@H](O)[C@@H](O)[C@@H]1O. The number of aliphatic hydroxyl groups is 3. The zero-order chi connectivity index (χ0) is 18.2. The van der Waals surface area contributed by atoms with Crippen LogP contribution >= 0.6 is 11.6 Å². The summed E-state index contributed by atoms with van der Waals surface area (Å²) in [6.07, 6.45) is -14.3. The number of alkyl halides is 3. The van der Waals surface area contributed by atoms with Crippen molar-refractivity contribution >= 4 is 17.6 Å². The molecule has 1 aliphatic heterocycles. The Bertz CT molecular complexity index is 624. The number of carboxylic acids is 1. The number of hydrogen-bond acceptors (Lipinski definition) is 6. The molecule has 11 heteroatoms. The molecule has 7 nitrogen and oxygen atoms in total. The van der Waals surface area contributed by atoms with Gasteiger partial charge < -0.3 is 29.9 Å². The lowest BCUT2D eigenvalue weighted by atomic mass is 9.99. The molecule has 134 valence electrons. The fourth-order valence-electron chi connectivity index (χ4n) is 2.04. The average molecular weight is 373 g/mol. The number of benzene rings is 1. The monoisotopic (exact) mass is 372 g/mol. The molecule has 0 aromatic heterocycles. The summed E-state index contributed by atoms with van der Waals surface area (Å²) < 4.78 is 47.9. The Balaban J connectivity index is 2.28. The number of aliphatic hydroxyl groups excluding tert-OH is 3. The summed E-state index contributed by atoms with van der Waals surface area (Å²) in [7, 11) is 0. The van der Waals surface area contributed by atoms with Crippen LogP contribution in [0.3, 0.4) is 0 Å². The molecule has 5 atom stereocenters. The number of aliphatic carboxylic acids is 1. The zero-order valence-electron chi connectivity index (χ0n) is 11.6. The van der Waals surface area contributed by atoms with Crippen LogP contribution in [0.2, 0.25) is 5.02 Å². The molecule has 4 N–H and O–H groups in total. The third-order valence-corrected chi connectivity index (χ3v) is 3.63. The minimum atomic E-state index is -4.69. The smallest absolute Gasteiger partial charge is 0.416 e. The van der Waals surface area contributed by atoms with E-state index in [-0.39, 0.29) is 5.02 Å². The van der Waals surface area contributed by atoms with Gasteiger partial charge in [-0.25, -0.2) is 4.79 Å². The van der Waals surface area contributed by atoms with Gasteiger partial charge in [0.2, 0.25) is 6.29 Å². The molecule has 1 aliphatic rings. The van der Waals surface area contributed by atoms with E-state index in [0.717, 1.165) is 6.07 Å². The van der Waals surface area contributed by atoms with Gasteiger partial charge in [0.05, 0.1) is 10.6 Å². The second kappa shape index (κ2) is 6.73. The van der Waals surface area contributed by atoms with Crippen LogP contribution in [0.15, 0.2) is 18.2 Å². The van der Waals surface area contributed by atoms with Gasteiger partial charge in [-0.05, 0) is 18.2 Å². The van der Waals surface area contributed by atoms with Crippen molar-refractivity contribution in [3.05, 3.63) is 28.8 Å². The summed E-state index contributed by atoms with van der Waals surface area (Å²) in [5.41, 5.74) is -1.09. The summed E-state index contributed by atoms with van der Waals surface area (Å²) in [5, 5.41) is 37.6. The normalized spacial score (nSPS) is 30.9. The molecule has 0 saturated carbocycles.